The van der Waals surface area contributed by atoms with Gasteiger partial charge in [-0.15, -0.1) is 10.2 Å². The summed E-state index contributed by atoms with van der Waals surface area (Å²) in [6.45, 7) is 15.3. The second-order valence-electron chi connectivity index (χ2n) is 11.8. The van der Waals surface area contributed by atoms with E-state index in [9.17, 15) is 9.18 Å². The fourth-order valence-electron chi connectivity index (χ4n) is 6.45. The highest BCUT2D eigenvalue weighted by Crippen LogP contribution is 2.40. The van der Waals surface area contributed by atoms with Gasteiger partial charge in [-0.1, -0.05) is 0 Å². The number of likely N-dealkylation sites (tertiary alicyclic amines) is 1. The first-order valence-electron chi connectivity index (χ1n) is 13.9. The van der Waals surface area contributed by atoms with Crippen LogP contribution in [0.5, 0.6) is 11.6 Å². The normalized spacial score (nSPS) is 21.2. The molecule has 1 amide bonds. The van der Waals surface area contributed by atoms with E-state index < -0.39 is 5.82 Å². The monoisotopic (exact) mass is 525 g/mol. The molecule has 4 heterocycles. The minimum absolute atomic E-state index is 0.0510. The fourth-order valence-corrected chi connectivity index (χ4v) is 6.45. The van der Waals surface area contributed by atoms with Gasteiger partial charge in [-0.3, -0.25) is 4.79 Å². The third-order valence-corrected chi connectivity index (χ3v) is 8.18. The van der Waals surface area contributed by atoms with Gasteiger partial charge in [0.2, 0.25) is 0 Å². The third-order valence-electron chi connectivity index (χ3n) is 8.18. The van der Waals surface area contributed by atoms with Gasteiger partial charge in [0, 0.05) is 44.8 Å². The van der Waals surface area contributed by atoms with Crippen LogP contribution < -0.4 is 15.0 Å². The van der Waals surface area contributed by atoms with Gasteiger partial charge in [0.1, 0.15) is 17.9 Å². The zero-order valence-corrected chi connectivity index (χ0v) is 23.0. The Labute approximate surface area is 224 Å². The van der Waals surface area contributed by atoms with Crippen molar-refractivity contribution >= 4 is 11.7 Å². The van der Waals surface area contributed by atoms with Gasteiger partial charge in [0.25, 0.3) is 11.8 Å². The number of anilines is 1. The van der Waals surface area contributed by atoms with E-state index in [-0.39, 0.29) is 35.2 Å². The minimum atomic E-state index is -0.495. The van der Waals surface area contributed by atoms with Crippen LogP contribution in [0.15, 0.2) is 24.5 Å². The molecule has 10 heteroatoms. The first-order chi connectivity index (χ1) is 18.2. The predicted octanol–water partition coefficient (Wildman–Crippen LogP) is 3.57. The number of amides is 1. The number of halogens is 1. The van der Waals surface area contributed by atoms with Gasteiger partial charge in [-0.2, -0.15) is 0 Å². The molecule has 1 unspecified atom stereocenters. The second-order valence-corrected chi connectivity index (χ2v) is 11.8. The van der Waals surface area contributed by atoms with Crippen molar-refractivity contribution in [2.24, 2.45) is 11.3 Å². The number of rotatable bonds is 8. The van der Waals surface area contributed by atoms with E-state index in [1.807, 2.05) is 27.7 Å². The number of nitrogens with one attached hydrogen (secondary N) is 1. The van der Waals surface area contributed by atoms with Crippen LogP contribution in [0.25, 0.3) is 0 Å². The van der Waals surface area contributed by atoms with Crippen LogP contribution in [-0.2, 0) is 0 Å². The van der Waals surface area contributed by atoms with E-state index in [4.69, 9.17) is 4.74 Å². The topological polar surface area (TPSA) is 86.7 Å². The van der Waals surface area contributed by atoms with Crippen molar-refractivity contribution in [3.05, 3.63) is 35.9 Å². The molecule has 0 radical (unpaired) electrons. The van der Waals surface area contributed by atoms with Crippen molar-refractivity contribution in [3.63, 3.8) is 0 Å². The molecule has 206 valence electrons. The molecule has 3 fully saturated rings. The van der Waals surface area contributed by atoms with Crippen LogP contribution in [0.3, 0.4) is 0 Å². The van der Waals surface area contributed by atoms with E-state index in [2.05, 4.69) is 30.3 Å². The maximum absolute atomic E-state index is 14.3. The molecular weight excluding hydrogens is 485 g/mol. The number of hydrogen-bond donors (Lipinski definition) is 1. The van der Waals surface area contributed by atoms with Crippen molar-refractivity contribution in [3.8, 4) is 11.6 Å². The highest BCUT2D eigenvalue weighted by Gasteiger charge is 2.44. The summed E-state index contributed by atoms with van der Waals surface area (Å²) in [7, 11) is 0. The Hall–Kier alpha value is -2.85. The van der Waals surface area contributed by atoms with Crippen molar-refractivity contribution < 1.29 is 13.9 Å². The number of carbonyl (C=O) groups excluding carboxylic acids is 1. The summed E-state index contributed by atoms with van der Waals surface area (Å²) in [5, 5.41) is 11.6. The Balaban J connectivity index is 1.28. The highest BCUT2D eigenvalue weighted by atomic mass is 19.1. The van der Waals surface area contributed by atoms with Gasteiger partial charge >= 0.3 is 0 Å². The number of aromatic nitrogens is 3. The van der Waals surface area contributed by atoms with Crippen LogP contribution in [0.1, 0.15) is 57.3 Å². The lowest BCUT2D eigenvalue weighted by Gasteiger charge is -2.53. The molecule has 3 saturated heterocycles. The van der Waals surface area contributed by atoms with Crippen molar-refractivity contribution in [1.29, 1.82) is 0 Å². The predicted molar refractivity (Wildman–Crippen MR) is 144 cm³/mol. The van der Waals surface area contributed by atoms with Crippen molar-refractivity contribution in [1.82, 2.24) is 30.3 Å². The molecule has 1 aromatic heterocycles. The Morgan fingerprint density at radius 3 is 2.66 bits per heavy atom. The highest BCUT2D eigenvalue weighted by molar-refractivity contribution is 5.97. The Morgan fingerprint density at radius 2 is 1.95 bits per heavy atom. The lowest BCUT2D eigenvalue weighted by atomic mass is 9.72. The first-order valence-corrected chi connectivity index (χ1v) is 13.9. The van der Waals surface area contributed by atoms with Gasteiger partial charge in [0.15, 0.2) is 5.82 Å². The number of nitrogens with zero attached hydrogens (tertiary/aromatic N) is 6. The van der Waals surface area contributed by atoms with Crippen LogP contribution in [-0.4, -0.2) is 88.8 Å². The minimum Gasteiger partial charge on any atom is -0.434 e. The second kappa shape index (κ2) is 11.1. The molecular formula is C28H40FN7O2. The molecule has 0 bridgehead atoms. The van der Waals surface area contributed by atoms with Crippen molar-refractivity contribution in [2.45, 2.75) is 59.0 Å². The molecule has 38 heavy (non-hydrogen) atoms. The number of hydrogen-bond acceptors (Lipinski definition) is 8. The lowest BCUT2D eigenvalue weighted by Crippen LogP contribution is -2.60. The van der Waals surface area contributed by atoms with Gasteiger partial charge in [0.05, 0.1) is 5.56 Å². The van der Waals surface area contributed by atoms with Crippen molar-refractivity contribution in [2.75, 3.05) is 50.7 Å². The van der Waals surface area contributed by atoms with Crippen LogP contribution in [0.2, 0.25) is 0 Å². The summed E-state index contributed by atoms with van der Waals surface area (Å²) in [4.78, 5) is 24.4. The van der Waals surface area contributed by atoms with Gasteiger partial charge in [-0.25, -0.2) is 9.37 Å². The molecule has 0 saturated carbocycles. The number of carbonyl (C=O) groups is 1. The first kappa shape index (κ1) is 26.7. The van der Waals surface area contributed by atoms with Crippen LogP contribution in [0.4, 0.5) is 10.2 Å². The Morgan fingerprint density at radius 1 is 1.21 bits per heavy atom. The number of benzene rings is 1. The molecule has 0 aliphatic carbocycles. The SMILES string of the molecule is CC(C)N(C(=O)c1cc(F)ccc1Oc1nncnc1N1CCC(CN2CC3(CCNCC3)C2)C1)C(C)C. The molecule has 1 aromatic carbocycles. The maximum Gasteiger partial charge on any atom is 0.282 e. The molecule has 5 rings (SSSR count). The number of piperidine rings is 1. The van der Waals surface area contributed by atoms with Crippen LogP contribution in [0, 0.1) is 17.2 Å². The zero-order valence-electron chi connectivity index (χ0n) is 23.0. The van der Waals surface area contributed by atoms with E-state index in [0.717, 1.165) is 39.1 Å². The van der Waals surface area contributed by atoms with E-state index in [1.165, 1.54) is 50.5 Å². The standard InChI is InChI=1S/C28H40FN7O2/c1-19(2)36(20(3)4)27(37)23-13-22(29)5-6-24(23)38-26-25(31-18-32-33-26)35-12-7-21(15-35)14-34-16-28(17-34)8-10-30-11-9-28/h5-6,13,18-21,30H,7-12,14-17H2,1-4H3. The van der Waals surface area contributed by atoms with Gasteiger partial charge in [-0.05, 0) is 89.6 Å². The Kier molecular flexibility index (Phi) is 7.81. The van der Waals surface area contributed by atoms with Crippen LogP contribution >= 0.6 is 0 Å². The van der Waals surface area contributed by atoms with E-state index in [1.54, 1.807) is 4.90 Å². The largest absolute Gasteiger partial charge is 0.434 e. The molecule has 1 spiro atoms. The average molecular weight is 526 g/mol. The summed E-state index contributed by atoms with van der Waals surface area (Å²) < 4.78 is 20.4. The lowest BCUT2D eigenvalue weighted by molar-refractivity contribution is -0.0298. The van der Waals surface area contributed by atoms with Gasteiger partial charge < -0.3 is 24.8 Å². The number of ether oxygens (including phenoxy) is 1. The quantitative estimate of drug-likeness (QED) is 0.560. The third kappa shape index (κ3) is 5.61. The van der Waals surface area contributed by atoms with E-state index >= 15 is 0 Å². The molecule has 3 aliphatic rings. The zero-order chi connectivity index (χ0) is 26.9. The summed E-state index contributed by atoms with van der Waals surface area (Å²) in [5.74, 6) is 0.844. The molecule has 2 aromatic rings. The summed E-state index contributed by atoms with van der Waals surface area (Å²) >= 11 is 0. The molecule has 3 aliphatic heterocycles. The maximum atomic E-state index is 14.3. The average Bonchev–Trinajstić information content (AvgIpc) is 3.33. The summed E-state index contributed by atoms with van der Waals surface area (Å²) in [5.41, 5.74) is 0.694. The summed E-state index contributed by atoms with van der Waals surface area (Å²) in [6.07, 6.45) is 5.06. The molecule has 1 N–H and O–H groups in total. The van der Waals surface area contributed by atoms with E-state index in [0.29, 0.717) is 17.2 Å². The smallest absolute Gasteiger partial charge is 0.282 e. The Bertz CT molecular complexity index is 1120. The summed E-state index contributed by atoms with van der Waals surface area (Å²) in [6, 6.07) is 3.90. The molecule has 9 nitrogen and oxygen atoms in total. The fraction of sp³-hybridized carbons (Fsp3) is 0.643. The molecule has 1 atom stereocenters.